The molecule has 1 fully saturated rings. The zero-order valence-electron chi connectivity index (χ0n) is 7.29. The summed E-state index contributed by atoms with van der Waals surface area (Å²) >= 11 is 3.38. The van der Waals surface area contributed by atoms with Gasteiger partial charge in [-0.3, -0.25) is 0 Å². The highest BCUT2D eigenvalue weighted by molar-refractivity contribution is 9.10. The minimum absolute atomic E-state index is 0.366. The van der Waals surface area contributed by atoms with Gasteiger partial charge in [0.2, 0.25) is 5.88 Å². The first-order valence-electron chi connectivity index (χ1n) is 4.09. The molecule has 0 saturated carbocycles. The van der Waals surface area contributed by atoms with E-state index in [2.05, 4.69) is 20.9 Å². The molecule has 1 aromatic rings. The van der Waals surface area contributed by atoms with Crippen LogP contribution in [0.4, 0.5) is 0 Å². The second-order valence-electron chi connectivity index (χ2n) is 2.98. The van der Waals surface area contributed by atoms with Gasteiger partial charge in [-0.05, 0) is 22.0 Å². The second kappa shape index (κ2) is 3.64. The predicted molar refractivity (Wildman–Crippen MR) is 51.9 cm³/mol. The van der Waals surface area contributed by atoms with E-state index in [0.29, 0.717) is 12.0 Å². The van der Waals surface area contributed by atoms with Crippen LogP contribution in [-0.4, -0.2) is 24.8 Å². The third-order valence-corrected chi connectivity index (χ3v) is 2.37. The highest BCUT2D eigenvalue weighted by Crippen LogP contribution is 2.24. The maximum Gasteiger partial charge on any atom is 0.216 e. The van der Waals surface area contributed by atoms with E-state index in [4.69, 9.17) is 9.47 Å². The fourth-order valence-corrected chi connectivity index (χ4v) is 1.61. The van der Waals surface area contributed by atoms with Gasteiger partial charge in [0.05, 0.1) is 19.8 Å². The number of rotatable bonds is 3. The molecule has 2 rings (SSSR count). The van der Waals surface area contributed by atoms with E-state index in [1.54, 1.807) is 13.3 Å². The molecular formula is C9H10BrNO2. The van der Waals surface area contributed by atoms with Gasteiger partial charge >= 0.3 is 0 Å². The zero-order valence-corrected chi connectivity index (χ0v) is 8.87. The highest BCUT2D eigenvalue weighted by atomic mass is 79.9. The van der Waals surface area contributed by atoms with Crippen LogP contribution >= 0.6 is 15.9 Å². The monoisotopic (exact) mass is 243 g/mol. The molecule has 0 aromatic carbocycles. The van der Waals surface area contributed by atoms with Gasteiger partial charge in [-0.25, -0.2) is 4.98 Å². The van der Waals surface area contributed by atoms with Gasteiger partial charge in [-0.15, -0.1) is 0 Å². The summed E-state index contributed by atoms with van der Waals surface area (Å²) in [7, 11) is 1.63. The molecular weight excluding hydrogens is 234 g/mol. The van der Waals surface area contributed by atoms with Crippen LogP contribution in [0.3, 0.4) is 0 Å². The van der Waals surface area contributed by atoms with Crippen LogP contribution in [0.1, 0.15) is 5.56 Å². The number of methoxy groups -OCH3 is 1. The van der Waals surface area contributed by atoms with Gasteiger partial charge in [-0.2, -0.15) is 0 Å². The molecule has 13 heavy (non-hydrogen) atoms. The number of hydrogen-bond donors (Lipinski definition) is 0. The molecule has 1 saturated heterocycles. The fourth-order valence-electron chi connectivity index (χ4n) is 1.23. The SMILES string of the molecule is COc1ncc(Br)cc1CC1CO1. The molecule has 1 aliphatic heterocycles. The lowest BCUT2D eigenvalue weighted by atomic mass is 10.1. The molecule has 1 aliphatic rings. The van der Waals surface area contributed by atoms with E-state index < -0.39 is 0 Å². The summed E-state index contributed by atoms with van der Waals surface area (Å²) < 4.78 is 11.3. The molecule has 2 heterocycles. The average Bonchev–Trinajstić information content (AvgIpc) is 2.89. The Morgan fingerprint density at radius 3 is 3.15 bits per heavy atom. The minimum atomic E-state index is 0.366. The van der Waals surface area contributed by atoms with Crippen molar-refractivity contribution in [2.24, 2.45) is 0 Å². The van der Waals surface area contributed by atoms with Crippen LogP contribution in [0, 0.1) is 0 Å². The van der Waals surface area contributed by atoms with E-state index in [9.17, 15) is 0 Å². The molecule has 1 unspecified atom stereocenters. The van der Waals surface area contributed by atoms with Gasteiger partial charge in [-0.1, -0.05) is 0 Å². The number of aromatic nitrogens is 1. The van der Waals surface area contributed by atoms with E-state index in [1.807, 2.05) is 6.07 Å². The van der Waals surface area contributed by atoms with Crippen molar-refractivity contribution in [3.05, 3.63) is 22.3 Å². The average molecular weight is 244 g/mol. The standard InChI is InChI=1S/C9H10BrNO2/c1-12-9-6(3-8-5-13-8)2-7(10)4-11-9/h2,4,8H,3,5H2,1H3. The van der Waals surface area contributed by atoms with Gasteiger partial charge in [0.25, 0.3) is 0 Å². The third kappa shape index (κ3) is 2.19. The Kier molecular flexibility index (Phi) is 2.51. The van der Waals surface area contributed by atoms with Crippen molar-refractivity contribution in [1.82, 2.24) is 4.98 Å². The van der Waals surface area contributed by atoms with Crippen LogP contribution in [0.15, 0.2) is 16.7 Å². The fraction of sp³-hybridized carbons (Fsp3) is 0.444. The quantitative estimate of drug-likeness (QED) is 0.760. The normalized spacial score (nSPS) is 20.0. The van der Waals surface area contributed by atoms with Crippen molar-refractivity contribution in [1.29, 1.82) is 0 Å². The first-order chi connectivity index (χ1) is 6.29. The molecule has 70 valence electrons. The molecule has 4 heteroatoms. The summed E-state index contributed by atoms with van der Waals surface area (Å²) in [5.41, 5.74) is 1.10. The highest BCUT2D eigenvalue weighted by Gasteiger charge is 2.24. The maximum absolute atomic E-state index is 5.15. The van der Waals surface area contributed by atoms with E-state index in [-0.39, 0.29) is 0 Å². The number of ether oxygens (including phenoxy) is 2. The third-order valence-electron chi connectivity index (χ3n) is 1.94. The molecule has 0 radical (unpaired) electrons. The van der Waals surface area contributed by atoms with Crippen molar-refractivity contribution in [3.63, 3.8) is 0 Å². The summed E-state index contributed by atoms with van der Waals surface area (Å²) in [6, 6.07) is 2.02. The van der Waals surface area contributed by atoms with Crippen molar-refractivity contribution < 1.29 is 9.47 Å². The molecule has 0 aliphatic carbocycles. The molecule has 0 bridgehead atoms. The molecule has 1 aromatic heterocycles. The Balaban J connectivity index is 2.22. The Morgan fingerprint density at radius 2 is 2.54 bits per heavy atom. The predicted octanol–water partition coefficient (Wildman–Crippen LogP) is 1.79. The number of epoxide rings is 1. The van der Waals surface area contributed by atoms with Crippen molar-refractivity contribution in [2.75, 3.05) is 13.7 Å². The van der Waals surface area contributed by atoms with E-state index in [0.717, 1.165) is 23.1 Å². The van der Waals surface area contributed by atoms with Crippen molar-refractivity contribution in [2.45, 2.75) is 12.5 Å². The van der Waals surface area contributed by atoms with Gasteiger partial charge in [0, 0.05) is 22.7 Å². The van der Waals surface area contributed by atoms with Gasteiger partial charge < -0.3 is 9.47 Å². The second-order valence-corrected chi connectivity index (χ2v) is 3.90. The topological polar surface area (TPSA) is 34.6 Å². The van der Waals surface area contributed by atoms with E-state index in [1.165, 1.54) is 0 Å². The summed E-state index contributed by atoms with van der Waals surface area (Å²) in [6.07, 6.45) is 2.98. The number of halogens is 1. The smallest absolute Gasteiger partial charge is 0.216 e. The zero-order chi connectivity index (χ0) is 9.26. The maximum atomic E-state index is 5.15. The Bertz CT molecular complexity index is 312. The van der Waals surface area contributed by atoms with E-state index >= 15 is 0 Å². The summed E-state index contributed by atoms with van der Waals surface area (Å²) in [5, 5.41) is 0. The van der Waals surface area contributed by atoms with Crippen molar-refractivity contribution in [3.8, 4) is 5.88 Å². The number of pyridine rings is 1. The molecule has 0 N–H and O–H groups in total. The minimum Gasteiger partial charge on any atom is -0.481 e. The Morgan fingerprint density at radius 1 is 1.77 bits per heavy atom. The van der Waals surface area contributed by atoms with Crippen LogP contribution in [0.25, 0.3) is 0 Å². The lowest BCUT2D eigenvalue weighted by Crippen LogP contribution is -1.99. The number of nitrogens with zero attached hydrogens (tertiary/aromatic N) is 1. The first kappa shape index (κ1) is 8.97. The van der Waals surface area contributed by atoms with Crippen LogP contribution in [-0.2, 0) is 11.2 Å². The Labute approximate surface area is 85.2 Å². The molecule has 3 nitrogen and oxygen atoms in total. The molecule has 0 amide bonds. The Hall–Kier alpha value is -0.610. The first-order valence-corrected chi connectivity index (χ1v) is 4.89. The lowest BCUT2D eigenvalue weighted by molar-refractivity contribution is 0.380. The van der Waals surface area contributed by atoms with Crippen LogP contribution < -0.4 is 4.74 Å². The van der Waals surface area contributed by atoms with Gasteiger partial charge in [0.1, 0.15) is 0 Å². The number of hydrogen-bond acceptors (Lipinski definition) is 3. The summed E-state index contributed by atoms with van der Waals surface area (Å²) in [6.45, 7) is 0.857. The summed E-state index contributed by atoms with van der Waals surface area (Å²) in [4.78, 5) is 4.15. The molecule has 1 atom stereocenters. The van der Waals surface area contributed by atoms with Crippen LogP contribution in [0.5, 0.6) is 5.88 Å². The van der Waals surface area contributed by atoms with Crippen molar-refractivity contribution >= 4 is 15.9 Å². The lowest BCUT2D eigenvalue weighted by Gasteiger charge is -2.05. The molecule has 0 spiro atoms. The van der Waals surface area contributed by atoms with Gasteiger partial charge in [0.15, 0.2) is 0 Å². The van der Waals surface area contributed by atoms with Crippen LogP contribution in [0.2, 0.25) is 0 Å². The summed E-state index contributed by atoms with van der Waals surface area (Å²) in [5.74, 6) is 0.693. The largest absolute Gasteiger partial charge is 0.481 e.